The molecule has 0 aromatic heterocycles. The number of terminal acetylenes is 1. The normalized spacial score (nSPS) is 12.2. The van der Waals surface area contributed by atoms with Crippen LogP contribution in [0.5, 0.6) is 0 Å². The third kappa shape index (κ3) is 3.82. The molecule has 1 N–H and O–H groups in total. The van der Waals surface area contributed by atoms with Crippen molar-refractivity contribution in [1.29, 1.82) is 0 Å². The highest BCUT2D eigenvalue weighted by Gasteiger charge is 2.16. The predicted octanol–water partition coefficient (Wildman–Crippen LogP) is 3.73. The Morgan fingerprint density at radius 3 is 2.67 bits per heavy atom. The summed E-state index contributed by atoms with van der Waals surface area (Å²) < 4.78 is 27.0. The molecule has 0 saturated carbocycles. The van der Waals surface area contributed by atoms with Crippen molar-refractivity contribution in [2.45, 2.75) is 39.2 Å². The van der Waals surface area contributed by atoms with E-state index < -0.39 is 11.6 Å². The minimum absolute atomic E-state index is 0.109. The molecule has 0 aliphatic carbocycles. The lowest BCUT2D eigenvalue weighted by Gasteiger charge is -2.19. The van der Waals surface area contributed by atoms with Gasteiger partial charge in [0.25, 0.3) is 0 Å². The zero-order chi connectivity index (χ0) is 13.5. The van der Waals surface area contributed by atoms with Gasteiger partial charge in [0.1, 0.15) is 11.6 Å². The fraction of sp³-hybridized carbons (Fsp3) is 0.467. The van der Waals surface area contributed by atoms with Crippen LogP contribution in [0.1, 0.15) is 43.4 Å². The first-order chi connectivity index (χ1) is 8.60. The number of hydrogen-bond acceptors (Lipinski definition) is 1. The van der Waals surface area contributed by atoms with E-state index in [0.717, 1.165) is 25.5 Å². The Bertz CT molecular complexity index is 435. The molecule has 0 bridgehead atoms. The summed E-state index contributed by atoms with van der Waals surface area (Å²) in [6.45, 7) is 4.34. The fourth-order valence-corrected chi connectivity index (χ4v) is 1.97. The second-order valence-corrected chi connectivity index (χ2v) is 4.33. The molecule has 98 valence electrons. The van der Waals surface area contributed by atoms with E-state index in [-0.39, 0.29) is 6.04 Å². The molecular weight excluding hydrogens is 232 g/mol. The van der Waals surface area contributed by atoms with Crippen molar-refractivity contribution in [3.05, 3.63) is 34.9 Å². The lowest BCUT2D eigenvalue weighted by molar-refractivity contribution is 0.470. The van der Waals surface area contributed by atoms with Crippen LogP contribution in [0.15, 0.2) is 12.1 Å². The number of unbranched alkanes of at least 4 members (excludes halogenated alkanes) is 1. The Labute approximate surface area is 108 Å². The third-order valence-electron chi connectivity index (χ3n) is 2.92. The molecule has 0 aliphatic heterocycles. The Morgan fingerprint density at radius 1 is 1.33 bits per heavy atom. The highest BCUT2D eigenvalue weighted by molar-refractivity contribution is 5.28. The highest BCUT2D eigenvalue weighted by Crippen LogP contribution is 2.24. The summed E-state index contributed by atoms with van der Waals surface area (Å²) in [5.41, 5.74) is 0.985. The molecule has 18 heavy (non-hydrogen) atoms. The first kappa shape index (κ1) is 14.7. The summed E-state index contributed by atoms with van der Waals surface area (Å²) in [5, 5.41) is 3.21. The first-order valence-electron chi connectivity index (χ1n) is 6.22. The second kappa shape index (κ2) is 7.13. The van der Waals surface area contributed by atoms with Crippen molar-refractivity contribution >= 4 is 0 Å². The highest BCUT2D eigenvalue weighted by atomic mass is 19.1. The van der Waals surface area contributed by atoms with Gasteiger partial charge in [0, 0.05) is 24.1 Å². The standard InChI is InChI=1S/C15H19F2N/c1-4-6-7-8-15(18-5-2)12-9-11(3)13(16)10-14(12)17/h1,9-10,15,18H,5-8H2,2-3H3. The molecule has 0 saturated heterocycles. The van der Waals surface area contributed by atoms with Gasteiger partial charge in [0.2, 0.25) is 0 Å². The van der Waals surface area contributed by atoms with E-state index in [4.69, 9.17) is 6.42 Å². The lowest BCUT2D eigenvalue weighted by atomic mass is 9.98. The van der Waals surface area contributed by atoms with E-state index in [9.17, 15) is 8.78 Å². The summed E-state index contributed by atoms with van der Waals surface area (Å²) in [5.74, 6) is 1.57. The van der Waals surface area contributed by atoms with Crippen molar-refractivity contribution in [3.63, 3.8) is 0 Å². The molecule has 1 aromatic carbocycles. The van der Waals surface area contributed by atoms with Gasteiger partial charge < -0.3 is 5.32 Å². The van der Waals surface area contributed by atoms with Crippen molar-refractivity contribution in [2.24, 2.45) is 0 Å². The van der Waals surface area contributed by atoms with Crippen LogP contribution in [0.25, 0.3) is 0 Å². The maximum atomic E-state index is 13.8. The Balaban J connectivity index is 2.91. The molecule has 0 aliphatic rings. The average molecular weight is 251 g/mol. The van der Waals surface area contributed by atoms with Crippen LogP contribution in [0.4, 0.5) is 8.78 Å². The first-order valence-corrected chi connectivity index (χ1v) is 6.22. The lowest BCUT2D eigenvalue weighted by Crippen LogP contribution is -2.22. The van der Waals surface area contributed by atoms with Crippen LogP contribution in [-0.2, 0) is 0 Å². The molecule has 1 rings (SSSR count). The van der Waals surface area contributed by atoms with Crippen LogP contribution in [0.3, 0.4) is 0 Å². The summed E-state index contributed by atoms with van der Waals surface area (Å²) in [6, 6.07) is 2.42. The minimum atomic E-state index is -0.505. The molecule has 0 radical (unpaired) electrons. The summed E-state index contributed by atoms with van der Waals surface area (Å²) in [6.07, 6.45) is 7.45. The number of rotatable bonds is 6. The minimum Gasteiger partial charge on any atom is -0.310 e. The van der Waals surface area contributed by atoms with Gasteiger partial charge in [-0.3, -0.25) is 0 Å². The predicted molar refractivity (Wildman–Crippen MR) is 70.2 cm³/mol. The van der Waals surface area contributed by atoms with Gasteiger partial charge >= 0.3 is 0 Å². The summed E-state index contributed by atoms with van der Waals surface area (Å²) in [7, 11) is 0. The van der Waals surface area contributed by atoms with E-state index in [1.807, 2.05) is 6.92 Å². The van der Waals surface area contributed by atoms with Gasteiger partial charge in [-0.15, -0.1) is 12.3 Å². The van der Waals surface area contributed by atoms with Crippen molar-refractivity contribution < 1.29 is 8.78 Å². The van der Waals surface area contributed by atoms with Crippen LogP contribution in [0.2, 0.25) is 0 Å². The van der Waals surface area contributed by atoms with E-state index in [1.165, 1.54) is 0 Å². The SMILES string of the molecule is C#CCCCC(NCC)c1cc(C)c(F)cc1F. The summed E-state index contributed by atoms with van der Waals surface area (Å²) >= 11 is 0. The van der Waals surface area contributed by atoms with Crippen molar-refractivity contribution in [3.8, 4) is 12.3 Å². The Hall–Kier alpha value is -1.40. The molecule has 3 heteroatoms. The largest absolute Gasteiger partial charge is 0.310 e. The molecule has 1 aromatic rings. The summed E-state index contributed by atoms with van der Waals surface area (Å²) in [4.78, 5) is 0. The topological polar surface area (TPSA) is 12.0 Å². The Morgan fingerprint density at radius 2 is 2.06 bits per heavy atom. The molecule has 1 nitrogen and oxygen atoms in total. The van der Waals surface area contributed by atoms with Gasteiger partial charge in [-0.05, 0) is 37.9 Å². The Kier molecular flexibility index (Phi) is 5.80. The van der Waals surface area contributed by atoms with Crippen LogP contribution < -0.4 is 5.32 Å². The van der Waals surface area contributed by atoms with Crippen molar-refractivity contribution in [1.82, 2.24) is 5.32 Å². The van der Waals surface area contributed by atoms with Gasteiger partial charge in [0.05, 0.1) is 0 Å². The monoisotopic (exact) mass is 251 g/mol. The molecule has 0 heterocycles. The molecule has 0 fully saturated rings. The maximum Gasteiger partial charge on any atom is 0.130 e. The van der Waals surface area contributed by atoms with Gasteiger partial charge in [-0.25, -0.2) is 8.78 Å². The molecule has 0 spiro atoms. The maximum absolute atomic E-state index is 13.8. The van der Waals surface area contributed by atoms with Gasteiger partial charge in [-0.2, -0.15) is 0 Å². The number of nitrogens with one attached hydrogen (secondary N) is 1. The van der Waals surface area contributed by atoms with E-state index in [1.54, 1.807) is 13.0 Å². The second-order valence-electron chi connectivity index (χ2n) is 4.33. The number of benzene rings is 1. The van der Waals surface area contributed by atoms with Crippen LogP contribution in [0, 0.1) is 30.9 Å². The average Bonchev–Trinajstić information content (AvgIpc) is 2.33. The van der Waals surface area contributed by atoms with Crippen LogP contribution in [-0.4, -0.2) is 6.54 Å². The zero-order valence-electron chi connectivity index (χ0n) is 10.9. The van der Waals surface area contributed by atoms with E-state index in [0.29, 0.717) is 17.5 Å². The number of halogens is 2. The van der Waals surface area contributed by atoms with Crippen molar-refractivity contribution in [2.75, 3.05) is 6.54 Å². The smallest absolute Gasteiger partial charge is 0.130 e. The van der Waals surface area contributed by atoms with Gasteiger partial charge in [-0.1, -0.05) is 6.92 Å². The molecule has 0 amide bonds. The van der Waals surface area contributed by atoms with E-state index >= 15 is 0 Å². The van der Waals surface area contributed by atoms with Gasteiger partial charge in [0.15, 0.2) is 0 Å². The molecule has 1 unspecified atom stereocenters. The molecule has 1 atom stereocenters. The zero-order valence-corrected chi connectivity index (χ0v) is 10.9. The number of aryl methyl sites for hydroxylation is 1. The molecular formula is C15H19F2N. The quantitative estimate of drug-likeness (QED) is 0.600. The fourth-order valence-electron chi connectivity index (χ4n) is 1.97. The van der Waals surface area contributed by atoms with E-state index in [2.05, 4.69) is 11.2 Å². The van der Waals surface area contributed by atoms with Crippen LogP contribution >= 0.6 is 0 Å². The third-order valence-corrected chi connectivity index (χ3v) is 2.92. The number of hydrogen-bond donors (Lipinski definition) is 1.